The van der Waals surface area contributed by atoms with Gasteiger partial charge in [-0.1, -0.05) is 178 Å². The van der Waals surface area contributed by atoms with Gasteiger partial charge in [0.2, 0.25) is 0 Å². The lowest BCUT2D eigenvalue weighted by Crippen LogP contribution is -1.91. The van der Waals surface area contributed by atoms with E-state index in [0.717, 1.165) is 12.8 Å². The molecule has 9 aromatic rings. The lowest BCUT2D eigenvalue weighted by molar-refractivity contribution is 1.26. The molecule has 0 saturated heterocycles. The van der Waals surface area contributed by atoms with Gasteiger partial charge in [-0.05, 0) is 143 Å². The Hall–Kier alpha value is -6.24. The molecule has 0 spiro atoms. The fraction of sp³-hybridized carbons (Fsp3) is 0.111. The van der Waals surface area contributed by atoms with Crippen molar-refractivity contribution in [3.8, 4) is 55.6 Å². The summed E-state index contributed by atoms with van der Waals surface area (Å²) >= 11 is 0. The van der Waals surface area contributed by atoms with Crippen LogP contribution in [0.5, 0.6) is 0 Å². The van der Waals surface area contributed by atoms with E-state index < -0.39 is 0 Å². The molecule has 260 valence electrons. The number of fused-ring (bicyclic) bond motifs is 6. The number of hydrogen-bond donors (Lipinski definition) is 0. The Balaban J connectivity index is 0.000000604. The van der Waals surface area contributed by atoms with Crippen LogP contribution in [0.3, 0.4) is 0 Å². The van der Waals surface area contributed by atoms with Gasteiger partial charge in [-0.3, -0.25) is 0 Å². The molecule has 0 aliphatic heterocycles. The zero-order chi connectivity index (χ0) is 36.8. The molecule has 0 radical (unpaired) electrons. The lowest BCUT2D eigenvalue weighted by atomic mass is 9.86. The molecule has 0 aromatic heterocycles. The number of allylic oxidation sites excluding steroid dienone is 2. The van der Waals surface area contributed by atoms with Crippen molar-refractivity contribution in [2.45, 2.75) is 40.5 Å². The van der Waals surface area contributed by atoms with Gasteiger partial charge in [-0.25, -0.2) is 0 Å². The Labute approximate surface area is 319 Å². The van der Waals surface area contributed by atoms with E-state index in [-0.39, 0.29) is 0 Å². The van der Waals surface area contributed by atoms with Gasteiger partial charge in [0.25, 0.3) is 0 Å². The standard InChI is InChI=1S/C48H30.C4H8.C2H6/c1-4-9-39-33(6-1)26-35-16-17-36(27-45(35)39)41-23-19-32-20-24-43-40(22-18-31-21-25-44(41)48(32)47(31)43)30-14-12-29(13-15-30)37-10-5-11-42-38-8-3-2-7-34(38)28-46(37)42;1-3-4-2;1-2/h1-25,27H,26,28H2;3-4H,1-2H3;1-2H3/b;4-3-;. The third-order valence-electron chi connectivity index (χ3n) is 11.5. The van der Waals surface area contributed by atoms with Gasteiger partial charge >= 0.3 is 0 Å². The van der Waals surface area contributed by atoms with Crippen molar-refractivity contribution in [1.29, 1.82) is 0 Å². The van der Waals surface area contributed by atoms with E-state index in [9.17, 15) is 0 Å². The van der Waals surface area contributed by atoms with Crippen LogP contribution in [0.4, 0.5) is 0 Å². The minimum atomic E-state index is 0.999. The molecule has 0 atom stereocenters. The van der Waals surface area contributed by atoms with E-state index in [0.29, 0.717) is 0 Å². The number of benzene rings is 9. The SMILES string of the molecule is C/C=C\C.CC.c1ccc2c(c1)Cc1ccc(-c3ccc4ccc5c(-c6ccc(-c7cccc8c7Cc7ccccc7-8)cc6)ccc6ccc3c4c65)cc1-2. The maximum atomic E-state index is 2.42. The molecule has 0 N–H and O–H groups in total. The van der Waals surface area contributed by atoms with Crippen LogP contribution in [-0.2, 0) is 12.8 Å². The van der Waals surface area contributed by atoms with Crippen molar-refractivity contribution >= 4 is 32.3 Å². The van der Waals surface area contributed by atoms with Gasteiger partial charge < -0.3 is 0 Å². The van der Waals surface area contributed by atoms with E-state index in [1.54, 1.807) is 0 Å². The third-order valence-corrected chi connectivity index (χ3v) is 11.5. The predicted octanol–water partition coefficient (Wildman–Crippen LogP) is 15.3. The first kappa shape index (κ1) is 33.6. The fourth-order valence-electron chi connectivity index (χ4n) is 8.85. The number of rotatable bonds is 3. The van der Waals surface area contributed by atoms with Crippen LogP contribution >= 0.6 is 0 Å². The van der Waals surface area contributed by atoms with Crippen molar-refractivity contribution in [2.24, 2.45) is 0 Å². The molecule has 0 nitrogen and oxygen atoms in total. The highest BCUT2D eigenvalue weighted by molar-refractivity contribution is 6.27. The molecule has 9 aromatic carbocycles. The Kier molecular flexibility index (Phi) is 8.68. The van der Waals surface area contributed by atoms with E-state index in [2.05, 4.69) is 158 Å². The molecule has 2 aliphatic carbocycles. The van der Waals surface area contributed by atoms with Crippen LogP contribution in [0.1, 0.15) is 49.9 Å². The van der Waals surface area contributed by atoms with E-state index in [1.165, 1.54) is 110 Å². The summed E-state index contributed by atoms with van der Waals surface area (Å²) in [6.07, 6.45) is 6.02. The largest absolute Gasteiger partial charge is 0.0919 e. The second-order valence-corrected chi connectivity index (χ2v) is 14.3. The van der Waals surface area contributed by atoms with Gasteiger partial charge in [0.05, 0.1) is 0 Å². The van der Waals surface area contributed by atoms with Crippen LogP contribution in [0.15, 0.2) is 170 Å². The molecule has 0 fully saturated rings. The van der Waals surface area contributed by atoms with E-state index >= 15 is 0 Å². The van der Waals surface area contributed by atoms with Crippen LogP contribution in [0.2, 0.25) is 0 Å². The predicted molar refractivity (Wildman–Crippen MR) is 235 cm³/mol. The Morgan fingerprint density at radius 1 is 0.352 bits per heavy atom. The summed E-state index contributed by atoms with van der Waals surface area (Å²) < 4.78 is 0. The van der Waals surface area contributed by atoms with Crippen molar-refractivity contribution in [3.63, 3.8) is 0 Å². The van der Waals surface area contributed by atoms with E-state index in [4.69, 9.17) is 0 Å². The summed E-state index contributed by atoms with van der Waals surface area (Å²) in [6, 6.07) is 59.4. The lowest BCUT2D eigenvalue weighted by Gasteiger charge is -2.17. The summed E-state index contributed by atoms with van der Waals surface area (Å²) in [6.45, 7) is 8.00. The smallest absolute Gasteiger partial charge is 0.000729 e. The average Bonchev–Trinajstić information content (AvgIpc) is 3.82. The van der Waals surface area contributed by atoms with Gasteiger partial charge in [0, 0.05) is 0 Å². The zero-order valence-electron chi connectivity index (χ0n) is 31.6. The van der Waals surface area contributed by atoms with Crippen molar-refractivity contribution in [3.05, 3.63) is 192 Å². The second-order valence-electron chi connectivity index (χ2n) is 14.3. The minimum Gasteiger partial charge on any atom is -0.0919 e. The molecule has 0 saturated carbocycles. The molecular formula is C54H44. The maximum Gasteiger partial charge on any atom is -0.000729 e. The molecule has 0 heterocycles. The highest BCUT2D eigenvalue weighted by atomic mass is 14.3. The van der Waals surface area contributed by atoms with E-state index in [1.807, 2.05) is 39.8 Å². The quantitative estimate of drug-likeness (QED) is 0.128. The van der Waals surface area contributed by atoms with Gasteiger partial charge in [-0.15, -0.1) is 0 Å². The molecule has 2 aliphatic rings. The van der Waals surface area contributed by atoms with Crippen LogP contribution in [0, 0.1) is 0 Å². The van der Waals surface area contributed by atoms with Crippen LogP contribution < -0.4 is 0 Å². The molecule has 0 amide bonds. The number of hydrogen-bond acceptors (Lipinski definition) is 0. The molecule has 0 bridgehead atoms. The molecule has 54 heavy (non-hydrogen) atoms. The monoisotopic (exact) mass is 692 g/mol. The van der Waals surface area contributed by atoms with Crippen molar-refractivity contribution in [1.82, 2.24) is 0 Å². The average molecular weight is 693 g/mol. The van der Waals surface area contributed by atoms with Crippen molar-refractivity contribution in [2.75, 3.05) is 0 Å². The summed E-state index contributed by atoms with van der Waals surface area (Å²) in [5, 5.41) is 7.95. The fourth-order valence-corrected chi connectivity index (χ4v) is 8.85. The first-order valence-corrected chi connectivity index (χ1v) is 19.5. The van der Waals surface area contributed by atoms with Gasteiger partial charge in [0.15, 0.2) is 0 Å². The normalized spacial score (nSPS) is 12.2. The molecule has 0 unspecified atom stereocenters. The highest BCUT2D eigenvalue weighted by Crippen LogP contribution is 2.45. The van der Waals surface area contributed by atoms with Gasteiger partial charge in [-0.2, -0.15) is 0 Å². The summed E-state index contributed by atoms with van der Waals surface area (Å²) in [5.74, 6) is 0. The van der Waals surface area contributed by atoms with Crippen LogP contribution in [0.25, 0.3) is 88.0 Å². The zero-order valence-corrected chi connectivity index (χ0v) is 31.6. The third kappa shape index (κ3) is 5.44. The molecular weight excluding hydrogens is 649 g/mol. The Morgan fingerprint density at radius 3 is 1.44 bits per heavy atom. The summed E-state index contributed by atoms with van der Waals surface area (Å²) in [4.78, 5) is 0. The topological polar surface area (TPSA) is 0 Å². The first-order valence-electron chi connectivity index (χ1n) is 19.5. The molecule has 0 heteroatoms. The minimum absolute atomic E-state index is 0.999. The van der Waals surface area contributed by atoms with Crippen LogP contribution in [-0.4, -0.2) is 0 Å². The summed E-state index contributed by atoms with van der Waals surface area (Å²) in [5.41, 5.74) is 19.0. The summed E-state index contributed by atoms with van der Waals surface area (Å²) in [7, 11) is 0. The van der Waals surface area contributed by atoms with Crippen molar-refractivity contribution < 1.29 is 0 Å². The Bertz CT molecular complexity index is 2840. The maximum absolute atomic E-state index is 2.42. The Morgan fingerprint density at radius 2 is 0.815 bits per heavy atom. The highest BCUT2D eigenvalue weighted by Gasteiger charge is 2.22. The second kappa shape index (κ2) is 14.0. The van der Waals surface area contributed by atoms with Gasteiger partial charge in [0.1, 0.15) is 0 Å². The molecule has 11 rings (SSSR count). The first-order chi connectivity index (χ1) is 26.7.